The lowest BCUT2D eigenvalue weighted by atomic mass is 9.64. The summed E-state index contributed by atoms with van der Waals surface area (Å²) >= 11 is 5.86. The Morgan fingerprint density at radius 3 is 2.82 bits per heavy atom. The first-order valence-electron chi connectivity index (χ1n) is 5.66. The van der Waals surface area contributed by atoms with Gasteiger partial charge in [0.25, 0.3) is 0 Å². The van der Waals surface area contributed by atoms with Gasteiger partial charge in [0.1, 0.15) is 5.15 Å². The zero-order valence-corrected chi connectivity index (χ0v) is 11.1. The van der Waals surface area contributed by atoms with E-state index in [0.717, 1.165) is 6.42 Å². The topological polar surface area (TPSA) is 60.2 Å². The molecular weight excluding hydrogens is 238 g/mol. The monoisotopic (exact) mass is 255 g/mol. The first-order chi connectivity index (χ1) is 7.95. The van der Waals surface area contributed by atoms with Gasteiger partial charge in [-0.05, 0) is 18.6 Å². The van der Waals surface area contributed by atoms with Crippen molar-refractivity contribution in [2.75, 3.05) is 18.2 Å². The van der Waals surface area contributed by atoms with Gasteiger partial charge in [0.05, 0.1) is 11.8 Å². The molecule has 1 heterocycles. The summed E-state index contributed by atoms with van der Waals surface area (Å²) in [6.07, 6.45) is 1.23. The maximum atomic E-state index is 5.86. The van der Waals surface area contributed by atoms with Crippen LogP contribution in [-0.4, -0.2) is 24.2 Å². The van der Waals surface area contributed by atoms with E-state index in [2.05, 4.69) is 24.1 Å². The van der Waals surface area contributed by atoms with Crippen molar-refractivity contribution >= 4 is 23.1 Å². The molecule has 0 spiro atoms. The summed E-state index contributed by atoms with van der Waals surface area (Å²) in [7, 11) is 1.74. The molecule has 3 N–H and O–H groups in total. The van der Waals surface area contributed by atoms with Crippen LogP contribution in [0, 0.1) is 5.41 Å². The van der Waals surface area contributed by atoms with Crippen LogP contribution in [0.15, 0.2) is 12.1 Å². The molecular formula is C12H18ClN3O. The number of nitrogen functional groups attached to an aromatic ring is 1. The lowest BCUT2D eigenvalue weighted by Crippen LogP contribution is -2.57. The van der Waals surface area contributed by atoms with Crippen molar-refractivity contribution in [3.63, 3.8) is 0 Å². The molecule has 1 aromatic rings. The number of nitrogens with two attached hydrogens (primary N) is 1. The molecule has 2 atom stereocenters. The fraction of sp³-hybridized carbons (Fsp3) is 0.583. The zero-order valence-electron chi connectivity index (χ0n) is 10.3. The molecule has 1 fully saturated rings. The smallest absolute Gasteiger partial charge is 0.151 e. The molecule has 5 heteroatoms. The number of rotatable bonds is 3. The van der Waals surface area contributed by atoms with Crippen molar-refractivity contribution in [3.8, 4) is 0 Å². The van der Waals surface area contributed by atoms with Crippen LogP contribution in [0.2, 0.25) is 5.15 Å². The molecule has 0 aromatic carbocycles. The largest absolute Gasteiger partial charge is 0.396 e. The molecule has 0 aliphatic heterocycles. The lowest BCUT2D eigenvalue weighted by molar-refractivity contribution is -0.0795. The fourth-order valence-electron chi connectivity index (χ4n) is 2.26. The second kappa shape index (κ2) is 4.35. The SMILES string of the molecule is COC1CC(Nc2nc(Cl)ccc2N)C1(C)C. The van der Waals surface area contributed by atoms with Crippen LogP contribution < -0.4 is 11.1 Å². The predicted octanol–water partition coefficient (Wildman–Crippen LogP) is 2.54. The van der Waals surface area contributed by atoms with Crippen molar-refractivity contribution in [2.24, 2.45) is 5.41 Å². The molecule has 1 aliphatic rings. The molecule has 4 nitrogen and oxygen atoms in total. The average Bonchev–Trinajstić information content (AvgIpc) is 2.28. The minimum absolute atomic E-state index is 0.0746. The van der Waals surface area contributed by atoms with E-state index >= 15 is 0 Å². The number of anilines is 2. The van der Waals surface area contributed by atoms with Crippen LogP contribution >= 0.6 is 11.6 Å². The molecule has 0 saturated heterocycles. The summed E-state index contributed by atoms with van der Waals surface area (Å²) in [4.78, 5) is 4.20. The molecule has 94 valence electrons. The van der Waals surface area contributed by atoms with E-state index in [9.17, 15) is 0 Å². The van der Waals surface area contributed by atoms with Gasteiger partial charge in [0, 0.05) is 18.6 Å². The predicted molar refractivity (Wildman–Crippen MR) is 70.3 cm³/mol. The second-order valence-electron chi connectivity index (χ2n) is 5.05. The number of hydrogen-bond donors (Lipinski definition) is 2. The summed E-state index contributed by atoms with van der Waals surface area (Å²) in [5.41, 5.74) is 6.55. The van der Waals surface area contributed by atoms with Gasteiger partial charge in [0.2, 0.25) is 0 Å². The van der Waals surface area contributed by atoms with Gasteiger partial charge < -0.3 is 15.8 Å². The highest BCUT2D eigenvalue weighted by atomic mass is 35.5. The molecule has 1 aliphatic carbocycles. The van der Waals surface area contributed by atoms with Crippen molar-refractivity contribution in [1.29, 1.82) is 0 Å². The van der Waals surface area contributed by atoms with E-state index in [-0.39, 0.29) is 11.5 Å². The van der Waals surface area contributed by atoms with Crippen LogP contribution in [0.1, 0.15) is 20.3 Å². The third-order valence-electron chi connectivity index (χ3n) is 3.67. The first kappa shape index (κ1) is 12.5. The summed E-state index contributed by atoms with van der Waals surface area (Å²) < 4.78 is 5.41. The van der Waals surface area contributed by atoms with Gasteiger partial charge in [-0.25, -0.2) is 4.98 Å². The lowest BCUT2D eigenvalue weighted by Gasteiger charge is -2.51. The fourth-order valence-corrected chi connectivity index (χ4v) is 2.40. The summed E-state index contributed by atoms with van der Waals surface area (Å²) in [6.45, 7) is 4.34. The Morgan fingerprint density at radius 2 is 2.24 bits per heavy atom. The molecule has 0 bridgehead atoms. The Labute approximate surface area is 107 Å². The van der Waals surface area contributed by atoms with E-state index in [1.165, 1.54) is 0 Å². The normalized spacial score (nSPS) is 26.4. The van der Waals surface area contributed by atoms with Gasteiger partial charge in [-0.3, -0.25) is 0 Å². The Morgan fingerprint density at radius 1 is 1.53 bits per heavy atom. The minimum atomic E-state index is 0.0746. The number of nitrogens with zero attached hydrogens (tertiary/aromatic N) is 1. The van der Waals surface area contributed by atoms with E-state index in [1.807, 2.05) is 0 Å². The maximum absolute atomic E-state index is 5.86. The number of nitrogens with one attached hydrogen (secondary N) is 1. The third-order valence-corrected chi connectivity index (χ3v) is 3.88. The number of halogens is 1. The number of ether oxygens (including phenoxy) is 1. The van der Waals surface area contributed by atoms with Crippen LogP contribution in [0.25, 0.3) is 0 Å². The third kappa shape index (κ3) is 2.19. The number of methoxy groups -OCH3 is 1. The number of pyridine rings is 1. The van der Waals surface area contributed by atoms with Crippen molar-refractivity contribution < 1.29 is 4.74 Å². The number of hydrogen-bond acceptors (Lipinski definition) is 4. The average molecular weight is 256 g/mol. The Hall–Kier alpha value is -1.00. The first-order valence-corrected chi connectivity index (χ1v) is 6.04. The molecule has 0 amide bonds. The standard InChI is InChI=1S/C12H18ClN3O/c1-12(2)8(6-9(12)17-3)15-11-7(14)4-5-10(13)16-11/h4-5,8-9H,6,14H2,1-3H3,(H,15,16). The van der Waals surface area contributed by atoms with Gasteiger partial charge in [-0.2, -0.15) is 0 Å². The highest BCUT2D eigenvalue weighted by molar-refractivity contribution is 6.29. The van der Waals surface area contributed by atoms with Crippen LogP contribution in [-0.2, 0) is 4.74 Å². The summed E-state index contributed by atoms with van der Waals surface area (Å²) in [5.74, 6) is 0.658. The van der Waals surface area contributed by atoms with Gasteiger partial charge in [-0.1, -0.05) is 25.4 Å². The van der Waals surface area contributed by atoms with Crippen LogP contribution in [0.5, 0.6) is 0 Å². The van der Waals surface area contributed by atoms with Gasteiger partial charge >= 0.3 is 0 Å². The van der Waals surface area contributed by atoms with Crippen molar-refractivity contribution in [1.82, 2.24) is 4.98 Å². The van der Waals surface area contributed by atoms with Gasteiger partial charge in [0.15, 0.2) is 5.82 Å². The molecule has 17 heavy (non-hydrogen) atoms. The summed E-state index contributed by atoms with van der Waals surface area (Å²) in [6, 6.07) is 3.75. The minimum Gasteiger partial charge on any atom is -0.396 e. The zero-order chi connectivity index (χ0) is 12.6. The maximum Gasteiger partial charge on any atom is 0.151 e. The highest BCUT2D eigenvalue weighted by Crippen LogP contribution is 2.44. The van der Waals surface area contributed by atoms with E-state index in [0.29, 0.717) is 22.7 Å². The Balaban J connectivity index is 2.10. The van der Waals surface area contributed by atoms with Gasteiger partial charge in [-0.15, -0.1) is 0 Å². The number of aromatic nitrogens is 1. The molecule has 1 saturated carbocycles. The molecule has 1 aromatic heterocycles. The molecule has 0 radical (unpaired) electrons. The van der Waals surface area contributed by atoms with Crippen molar-refractivity contribution in [2.45, 2.75) is 32.4 Å². The van der Waals surface area contributed by atoms with E-state index < -0.39 is 0 Å². The van der Waals surface area contributed by atoms with E-state index in [4.69, 9.17) is 22.1 Å². The Bertz CT molecular complexity index is 422. The molecule has 2 unspecified atom stereocenters. The van der Waals surface area contributed by atoms with Crippen LogP contribution in [0.4, 0.5) is 11.5 Å². The van der Waals surface area contributed by atoms with Crippen molar-refractivity contribution in [3.05, 3.63) is 17.3 Å². The Kier molecular flexibility index (Phi) is 3.19. The second-order valence-corrected chi connectivity index (χ2v) is 5.44. The summed E-state index contributed by atoms with van der Waals surface area (Å²) in [5, 5.41) is 3.79. The quantitative estimate of drug-likeness (QED) is 0.815. The highest BCUT2D eigenvalue weighted by Gasteiger charge is 2.48. The van der Waals surface area contributed by atoms with E-state index in [1.54, 1.807) is 19.2 Å². The van der Waals surface area contributed by atoms with Crippen LogP contribution in [0.3, 0.4) is 0 Å². The molecule has 2 rings (SSSR count).